The lowest BCUT2D eigenvalue weighted by Gasteiger charge is -2.02. The zero-order valence-corrected chi connectivity index (χ0v) is 19.7. The quantitative estimate of drug-likeness (QED) is 0.212. The van der Waals surface area contributed by atoms with Gasteiger partial charge in [0.25, 0.3) is 0 Å². The van der Waals surface area contributed by atoms with Crippen molar-refractivity contribution in [3.05, 3.63) is 0 Å². The van der Waals surface area contributed by atoms with E-state index in [1.165, 1.54) is 64.2 Å². The van der Waals surface area contributed by atoms with Crippen molar-refractivity contribution in [1.82, 2.24) is 0 Å². The van der Waals surface area contributed by atoms with E-state index in [2.05, 4.69) is 34.6 Å². The molecule has 128 valence electrons. The van der Waals surface area contributed by atoms with Crippen LogP contribution in [-0.2, 0) is 0 Å². The van der Waals surface area contributed by atoms with Gasteiger partial charge in [-0.2, -0.15) is 0 Å². The van der Waals surface area contributed by atoms with Gasteiger partial charge in [0.15, 0.2) is 0 Å². The molecule has 0 aromatic heterocycles. The molecule has 0 bridgehead atoms. The average Bonchev–Trinajstić information content (AvgIpc) is 2.54. The molecule has 0 nitrogen and oxygen atoms in total. The molecule has 0 saturated heterocycles. The van der Waals surface area contributed by atoms with Gasteiger partial charge in [0, 0.05) is 0 Å². The smallest absolute Gasteiger partial charge is 0.146 e. The first-order valence-electron chi connectivity index (χ1n) is 10.7. The summed E-state index contributed by atoms with van der Waals surface area (Å²) in [6, 6.07) is 0. The molecule has 22 heavy (non-hydrogen) atoms. The van der Waals surface area contributed by atoms with E-state index in [0.29, 0.717) is 40.7 Å². The Morgan fingerprint density at radius 3 is 1.68 bits per heavy atom. The van der Waals surface area contributed by atoms with Gasteiger partial charge in [-0.3, -0.25) is 0 Å². The van der Waals surface area contributed by atoms with Gasteiger partial charge in [0.05, 0.1) is 0 Å². The molecule has 0 aromatic rings. The van der Waals surface area contributed by atoms with Gasteiger partial charge in [0.1, 0.15) is 0 Å². The van der Waals surface area contributed by atoms with Crippen molar-refractivity contribution in [2.75, 3.05) is 0 Å². The van der Waals surface area contributed by atoms with E-state index in [0.717, 1.165) is 4.05 Å². The van der Waals surface area contributed by atoms with Crippen LogP contribution in [0.3, 0.4) is 0 Å². The van der Waals surface area contributed by atoms with E-state index in [1.807, 2.05) is 0 Å². The summed E-state index contributed by atoms with van der Waals surface area (Å²) in [6.45, 7) is 11.6. The van der Waals surface area contributed by atoms with E-state index in [-0.39, 0.29) is 0 Å². The molecule has 0 aliphatic heterocycles. The molecule has 1 unspecified atom stereocenters. The van der Waals surface area contributed by atoms with Gasteiger partial charge in [-0.15, -0.1) is 17.7 Å². The Labute approximate surface area is 162 Å². The van der Waals surface area contributed by atoms with Crippen LogP contribution in [0.4, 0.5) is 0 Å². The van der Waals surface area contributed by atoms with Crippen LogP contribution in [0.5, 0.6) is 0 Å². The monoisotopic (exact) mass is 332 g/mol. The van der Waals surface area contributed by atoms with E-state index in [4.69, 9.17) is 0 Å². The third-order valence-corrected chi connectivity index (χ3v) is 9.18. The fourth-order valence-electron chi connectivity index (χ4n) is 2.68. The molecule has 2 heteroatoms. The van der Waals surface area contributed by atoms with Crippen molar-refractivity contribution in [1.29, 1.82) is 0 Å². The highest BCUT2D eigenvalue weighted by Crippen LogP contribution is 2.09. The maximum atomic E-state index is 2.40. The van der Waals surface area contributed by atoms with Gasteiger partial charge in [0.2, 0.25) is 0 Å². The lowest BCUT2D eigenvalue weighted by molar-refractivity contribution is 0.623. The number of unbranched alkanes of at least 4 members (excludes halogenated alkanes) is 7. The number of rotatable bonds is 15. The molecule has 1 atom stereocenters. The van der Waals surface area contributed by atoms with Crippen LogP contribution < -0.4 is 0 Å². The van der Waals surface area contributed by atoms with E-state index in [1.54, 1.807) is 20.1 Å². The summed E-state index contributed by atoms with van der Waals surface area (Å²) in [5, 5.41) is 0. The van der Waals surface area contributed by atoms with Crippen molar-refractivity contribution in [3.8, 4) is 0 Å². The fourth-order valence-corrected chi connectivity index (χ4v) is 6.49. The van der Waals surface area contributed by atoms with Crippen LogP contribution in [0.25, 0.3) is 0 Å². The van der Waals surface area contributed by atoms with Crippen LogP contribution in [0.2, 0.25) is 17.7 Å². The van der Waals surface area contributed by atoms with E-state index >= 15 is 0 Å². The molecule has 0 rings (SSSR count). The van der Waals surface area contributed by atoms with Crippen molar-refractivity contribution in [2.45, 2.75) is 123 Å². The molecule has 0 N–H and O–H groups in total. The molecule has 0 radical (unpaired) electrons. The van der Waals surface area contributed by atoms with Crippen molar-refractivity contribution < 1.29 is 0 Å². The minimum Gasteiger partial charge on any atom is -0.146 e. The molecule has 0 heterocycles. The minimum absolute atomic E-state index is 0.325. The predicted octanol–water partition coefficient (Wildman–Crippen LogP) is 7.82. The molecule has 0 saturated carbocycles. The lowest BCUT2D eigenvalue weighted by Crippen LogP contribution is -1.96. The summed E-state index contributed by atoms with van der Waals surface area (Å²) in [4.78, 5) is 0. The molecule has 0 aromatic carbocycles. The van der Waals surface area contributed by atoms with Gasteiger partial charge in [-0.05, 0) is 0 Å². The largest absolute Gasteiger partial charge is 0.368 e. The topological polar surface area (TPSA) is 0 Å². The third-order valence-electron chi connectivity index (χ3n) is 4.70. The van der Waals surface area contributed by atoms with Crippen molar-refractivity contribution in [2.24, 2.45) is 0 Å². The maximum absolute atomic E-state index is 2.40. The molecule has 0 amide bonds. The van der Waals surface area contributed by atoms with Crippen LogP contribution in [0.1, 0.15) is 105 Å². The fraction of sp³-hybridized carbons (Fsp3) is 1.00. The highest BCUT2D eigenvalue weighted by Gasteiger charge is 2.01. The Balaban J connectivity index is 0. The normalized spacial score (nSPS) is 11.1. The lowest BCUT2D eigenvalue weighted by atomic mass is 10.1. The zero-order chi connectivity index (χ0) is 16.9. The summed E-state index contributed by atoms with van der Waals surface area (Å²) >= 11 is 0.686. The number of hydrogen-bond acceptors (Lipinski definition) is 0. The Morgan fingerprint density at radius 2 is 1.09 bits per heavy atom. The van der Waals surface area contributed by atoms with Gasteiger partial charge >= 0.3 is 40.7 Å². The molecule has 0 aliphatic rings. The Bertz CT molecular complexity index is 161. The van der Waals surface area contributed by atoms with Crippen LogP contribution in [0, 0.1) is 0 Å². The van der Waals surface area contributed by atoms with E-state index < -0.39 is 0 Å². The summed E-state index contributed by atoms with van der Waals surface area (Å²) in [6.07, 6.45) is 16.1. The van der Waals surface area contributed by atoms with E-state index in [9.17, 15) is 0 Å². The van der Waals surface area contributed by atoms with Crippen molar-refractivity contribution in [3.63, 3.8) is 0 Å². The predicted molar refractivity (Wildman–Crippen MR) is 109 cm³/mol. The summed E-state index contributed by atoms with van der Waals surface area (Å²) < 4.78 is 5.89. The summed E-state index contributed by atoms with van der Waals surface area (Å²) in [5.41, 5.74) is 0. The average molecular weight is 333 g/mol. The molecule has 0 aliphatic carbocycles. The maximum Gasteiger partial charge on any atom is 0.368 e. The third kappa shape index (κ3) is 26.4. The van der Waals surface area contributed by atoms with Gasteiger partial charge < -0.3 is 0 Å². The zero-order valence-electron chi connectivity index (χ0n) is 16.9. The second-order valence-electron chi connectivity index (χ2n) is 7.19. The highest BCUT2D eigenvalue weighted by atomic mass is 24.5. The van der Waals surface area contributed by atoms with Crippen LogP contribution in [0.15, 0.2) is 0 Å². The first kappa shape index (κ1) is 25.8. The first-order valence-corrected chi connectivity index (χ1v) is 14.5. The Hall–Kier alpha value is 1.53. The Kier molecular flexibility index (Phi) is 29.0. The SMILES string of the molecule is CCCCCCC[CH2][Mg][CH2]CCC.CCC[CH2][Mg][CH](C)CC. The highest BCUT2D eigenvalue weighted by molar-refractivity contribution is 6.37. The minimum atomic E-state index is 0.325. The second-order valence-corrected chi connectivity index (χ2v) is 12.0. The van der Waals surface area contributed by atoms with Crippen LogP contribution >= 0.6 is 0 Å². The van der Waals surface area contributed by atoms with Crippen LogP contribution in [-0.4, -0.2) is 40.7 Å². The standard InChI is InChI=1S/C8H17.3C4H9.2Mg/c1-3-5-7-8-6-4-2;3*1-3-4-2;;/h1,3-8H2,2H3;3H,4H2,1-2H3;2*1,3-4H2,2H3;;. The molecule has 0 fully saturated rings. The van der Waals surface area contributed by atoms with Gasteiger partial charge in [-0.1, -0.05) is 105 Å². The van der Waals surface area contributed by atoms with Gasteiger partial charge in [-0.25, -0.2) is 0 Å². The summed E-state index contributed by atoms with van der Waals surface area (Å²) in [7, 11) is 0. The number of hydrogen-bond donors (Lipinski definition) is 0. The molecular formula is C20H44Mg2. The molecular weight excluding hydrogens is 289 g/mol. The van der Waals surface area contributed by atoms with Crippen molar-refractivity contribution >= 4 is 40.7 Å². The molecule has 0 spiro atoms. The first-order chi connectivity index (χ1) is 10.7. The Morgan fingerprint density at radius 1 is 0.591 bits per heavy atom. The summed E-state index contributed by atoms with van der Waals surface area (Å²) in [5.74, 6) is 0. The second kappa shape index (κ2) is 24.8.